The van der Waals surface area contributed by atoms with Crippen molar-refractivity contribution < 1.29 is 23.1 Å². The van der Waals surface area contributed by atoms with Gasteiger partial charge in [-0.15, -0.1) is 0 Å². The molecule has 1 N–H and O–H groups in total. The Morgan fingerprint density at radius 3 is 2.43 bits per heavy atom. The van der Waals surface area contributed by atoms with Gasteiger partial charge in [0.2, 0.25) is 5.43 Å². The lowest BCUT2D eigenvalue weighted by molar-refractivity contribution is 0.0695. The van der Waals surface area contributed by atoms with Gasteiger partial charge in [0.15, 0.2) is 11.6 Å². The summed E-state index contributed by atoms with van der Waals surface area (Å²) in [6.45, 7) is 0. The minimum absolute atomic E-state index is 0.129. The lowest BCUT2D eigenvalue weighted by Gasteiger charge is -2.13. The molecule has 0 aliphatic heterocycles. The number of rotatable bonds is 2. The second-order valence-electron chi connectivity index (χ2n) is 4.64. The van der Waals surface area contributed by atoms with Crippen LogP contribution in [0.4, 0.5) is 13.2 Å². The summed E-state index contributed by atoms with van der Waals surface area (Å²) in [4.78, 5) is 27.2. The molecular weight excluding hydrogens is 313 g/mol. The van der Waals surface area contributed by atoms with E-state index in [1.807, 2.05) is 0 Å². The molecule has 0 aliphatic carbocycles. The van der Waals surface area contributed by atoms with E-state index in [0.717, 1.165) is 10.8 Å². The van der Waals surface area contributed by atoms with Crippen molar-refractivity contribution in [1.29, 1.82) is 0 Å². The zero-order valence-electron chi connectivity index (χ0n) is 11.3. The lowest BCUT2D eigenvalue weighted by Crippen LogP contribution is -2.19. The first-order valence-corrected chi connectivity index (χ1v) is 6.28. The SMILES string of the molecule is O=C(O)c1cn(-c2c(F)cc(F)cc2F)c2ncccc2c1=O. The molecule has 0 amide bonds. The van der Waals surface area contributed by atoms with Crippen LogP contribution in [0.2, 0.25) is 0 Å². The smallest absolute Gasteiger partial charge is 0.341 e. The third kappa shape index (κ3) is 2.33. The maximum atomic E-state index is 14.0. The standard InChI is InChI=1S/C15H7F3N2O3/c16-7-4-10(17)12(11(18)5-7)20-6-9(15(22)23)13(21)8-2-1-3-19-14(8)20/h1-6H,(H,22,23). The number of aromatic carboxylic acids is 1. The van der Waals surface area contributed by atoms with Gasteiger partial charge in [0, 0.05) is 24.5 Å². The van der Waals surface area contributed by atoms with Crippen molar-refractivity contribution in [3.05, 3.63) is 69.9 Å². The van der Waals surface area contributed by atoms with Crippen LogP contribution in [0.25, 0.3) is 16.7 Å². The van der Waals surface area contributed by atoms with Crippen LogP contribution in [0.3, 0.4) is 0 Å². The molecule has 2 aromatic heterocycles. The minimum Gasteiger partial charge on any atom is -0.477 e. The van der Waals surface area contributed by atoms with Crippen LogP contribution in [0.15, 0.2) is 41.5 Å². The van der Waals surface area contributed by atoms with E-state index in [2.05, 4.69) is 4.98 Å². The molecule has 23 heavy (non-hydrogen) atoms. The Kier molecular flexibility index (Phi) is 3.36. The second kappa shape index (κ2) is 5.24. The molecule has 0 aliphatic rings. The van der Waals surface area contributed by atoms with E-state index in [-0.39, 0.29) is 11.0 Å². The summed E-state index contributed by atoms with van der Waals surface area (Å²) < 4.78 is 41.9. The molecule has 0 saturated carbocycles. The Balaban J connectivity index is 2.50. The van der Waals surface area contributed by atoms with E-state index in [1.54, 1.807) is 0 Å². The highest BCUT2D eigenvalue weighted by Crippen LogP contribution is 2.22. The molecule has 8 heteroatoms. The van der Waals surface area contributed by atoms with Crippen molar-refractivity contribution in [3.8, 4) is 5.69 Å². The number of pyridine rings is 2. The number of nitrogens with zero attached hydrogens (tertiary/aromatic N) is 2. The monoisotopic (exact) mass is 320 g/mol. The summed E-state index contributed by atoms with van der Waals surface area (Å²) in [6, 6.07) is 3.57. The fourth-order valence-electron chi connectivity index (χ4n) is 2.25. The first kappa shape index (κ1) is 14.8. The van der Waals surface area contributed by atoms with Gasteiger partial charge in [-0.25, -0.2) is 22.9 Å². The summed E-state index contributed by atoms with van der Waals surface area (Å²) in [5.41, 5.74) is -2.39. The van der Waals surface area contributed by atoms with E-state index >= 15 is 0 Å². The molecule has 0 saturated heterocycles. The van der Waals surface area contributed by atoms with E-state index in [4.69, 9.17) is 5.11 Å². The van der Waals surface area contributed by atoms with Crippen molar-refractivity contribution >= 4 is 17.0 Å². The van der Waals surface area contributed by atoms with Gasteiger partial charge in [0.25, 0.3) is 0 Å². The highest BCUT2D eigenvalue weighted by atomic mass is 19.1. The summed E-state index contributed by atoms with van der Waals surface area (Å²) >= 11 is 0. The van der Waals surface area contributed by atoms with Crippen molar-refractivity contribution in [3.63, 3.8) is 0 Å². The summed E-state index contributed by atoms with van der Waals surface area (Å²) in [6.07, 6.45) is 2.04. The molecule has 3 rings (SSSR count). The number of aromatic nitrogens is 2. The van der Waals surface area contributed by atoms with Crippen LogP contribution in [0.1, 0.15) is 10.4 Å². The zero-order valence-corrected chi connectivity index (χ0v) is 11.3. The molecule has 5 nitrogen and oxygen atoms in total. The summed E-state index contributed by atoms with van der Waals surface area (Å²) in [7, 11) is 0. The molecule has 2 heterocycles. The van der Waals surface area contributed by atoms with Gasteiger partial charge >= 0.3 is 5.97 Å². The third-order valence-electron chi connectivity index (χ3n) is 3.22. The molecule has 0 radical (unpaired) electrons. The molecule has 0 fully saturated rings. The van der Waals surface area contributed by atoms with Crippen LogP contribution in [0.5, 0.6) is 0 Å². The maximum Gasteiger partial charge on any atom is 0.341 e. The average molecular weight is 320 g/mol. The molecule has 0 bridgehead atoms. The van der Waals surface area contributed by atoms with Gasteiger partial charge in [-0.1, -0.05) is 0 Å². The molecule has 0 unspecified atom stereocenters. The van der Waals surface area contributed by atoms with Crippen molar-refractivity contribution in [2.24, 2.45) is 0 Å². The van der Waals surface area contributed by atoms with Crippen LogP contribution in [-0.2, 0) is 0 Å². The fraction of sp³-hybridized carbons (Fsp3) is 0. The Bertz CT molecular complexity index is 992. The fourth-order valence-corrected chi connectivity index (χ4v) is 2.25. The number of carbonyl (C=O) groups is 1. The summed E-state index contributed by atoms with van der Waals surface area (Å²) in [5.74, 6) is -5.19. The van der Waals surface area contributed by atoms with Gasteiger partial charge in [0.05, 0.1) is 5.39 Å². The number of halogens is 3. The highest BCUT2D eigenvalue weighted by Gasteiger charge is 2.20. The first-order valence-electron chi connectivity index (χ1n) is 6.28. The van der Waals surface area contributed by atoms with E-state index in [0.29, 0.717) is 12.1 Å². The van der Waals surface area contributed by atoms with E-state index in [9.17, 15) is 22.8 Å². The largest absolute Gasteiger partial charge is 0.477 e. The van der Waals surface area contributed by atoms with Crippen LogP contribution < -0.4 is 5.43 Å². The van der Waals surface area contributed by atoms with Crippen molar-refractivity contribution in [2.45, 2.75) is 0 Å². The predicted molar refractivity (Wildman–Crippen MR) is 74.2 cm³/mol. The second-order valence-corrected chi connectivity index (χ2v) is 4.64. The van der Waals surface area contributed by atoms with Crippen LogP contribution in [-0.4, -0.2) is 20.6 Å². The molecular formula is C15H7F3N2O3. The topological polar surface area (TPSA) is 72.2 Å². The molecule has 1 aromatic carbocycles. The van der Waals surface area contributed by atoms with Crippen LogP contribution >= 0.6 is 0 Å². The normalized spacial score (nSPS) is 10.9. The third-order valence-corrected chi connectivity index (χ3v) is 3.22. The lowest BCUT2D eigenvalue weighted by atomic mass is 10.1. The van der Waals surface area contributed by atoms with Gasteiger partial charge < -0.3 is 5.11 Å². The highest BCUT2D eigenvalue weighted by molar-refractivity contribution is 5.92. The van der Waals surface area contributed by atoms with E-state index in [1.165, 1.54) is 18.3 Å². The summed E-state index contributed by atoms with van der Waals surface area (Å²) in [5, 5.41) is 8.97. The Hall–Kier alpha value is -3.16. The molecule has 0 atom stereocenters. The minimum atomic E-state index is -1.56. The Morgan fingerprint density at radius 2 is 1.83 bits per heavy atom. The van der Waals surface area contributed by atoms with Crippen molar-refractivity contribution in [2.75, 3.05) is 0 Å². The Labute approximate surface area is 126 Å². The first-order chi connectivity index (χ1) is 10.9. The quantitative estimate of drug-likeness (QED) is 0.787. The molecule has 116 valence electrons. The van der Waals surface area contributed by atoms with Gasteiger partial charge in [-0.05, 0) is 12.1 Å². The number of carboxylic acid groups (broad SMARTS) is 1. The number of fused-ring (bicyclic) bond motifs is 1. The van der Waals surface area contributed by atoms with Crippen molar-refractivity contribution in [1.82, 2.24) is 9.55 Å². The van der Waals surface area contributed by atoms with Crippen LogP contribution in [0, 0.1) is 17.5 Å². The molecule has 0 spiro atoms. The maximum absolute atomic E-state index is 14.0. The Morgan fingerprint density at radius 1 is 1.17 bits per heavy atom. The number of benzene rings is 1. The zero-order chi connectivity index (χ0) is 16.7. The van der Waals surface area contributed by atoms with Gasteiger partial charge in [-0.2, -0.15) is 0 Å². The molecule has 3 aromatic rings. The van der Waals surface area contributed by atoms with Gasteiger partial charge in [0.1, 0.15) is 22.7 Å². The number of hydrogen-bond donors (Lipinski definition) is 1. The predicted octanol–water partition coefficient (Wildman–Crippen LogP) is 2.50. The van der Waals surface area contributed by atoms with Gasteiger partial charge in [-0.3, -0.25) is 9.36 Å². The van der Waals surface area contributed by atoms with E-state index < -0.39 is 40.1 Å². The average Bonchev–Trinajstić information content (AvgIpc) is 2.48. The number of carboxylic acids is 1. The number of hydrogen-bond acceptors (Lipinski definition) is 3.